The third-order valence-corrected chi connectivity index (χ3v) is 2.70. The van der Waals surface area contributed by atoms with Gasteiger partial charge >= 0.3 is 6.03 Å². The molecule has 0 amide bonds. The van der Waals surface area contributed by atoms with Crippen LogP contribution in [0, 0.1) is 0 Å². The summed E-state index contributed by atoms with van der Waals surface area (Å²) < 4.78 is 0.314. The van der Waals surface area contributed by atoms with Crippen molar-refractivity contribution in [3.63, 3.8) is 0 Å². The number of carbonyl (C=O) groups excluding carboxylic acids is 1. The normalized spacial score (nSPS) is 11.8. The molecule has 7 nitrogen and oxygen atoms in total. The molecule has 2 aromatic rings. The second kappa shape index (κ2) is 4.83. The largest absolute Gasteiger partial charge is 0.372 e. The summed E-state index contributed by atoms with van der Waals surface area (Å²) in [5.74, 6) is 0. The third-order valence-electron chi connectivity index (χ3n) is 2.17. The van der Waals surface area contributed by atoms with Gasteiger partial charge in [0.15, 0.2) is 0 Å². The van der Waals surface area contributed by atoms with Crippen molar-refractivity contribution in [1.29, 1.82) is 0 Å². The minimum absolute atomic E-state index is 0.128. The summed E-state index contributed by atoms with van der Waals surface area (Å²) in [6, 6.07) is -0.544. The lowest BCUT2D eigenvalue weighted by atomic mass is 10.3. The number of hydrogen-bond acceptors (Lipinski definition) is 5. The molecule has 96 valence electrons. The molecule has 0 fully saturated rings. The van der Waals surface area contributed by atoms with Crippen LogP contribution in [0.4, 0.5) is 4.79 Å². The minimum Gasteiger partial charge on any atom is -0.243 e. The Balaban J connectivity index is 2.47. The Morgan fingerprint density at radius 3 is 2.61 bits per heavy atom. The average molecular weight is 310 g/mol. The van der Waals surface area contributed by atoms with Crippen LogP contribution in [0.3, 0.4) is 0 Å². The van der Waals surface area contributed by atoms with Crippen molar-refractivity contribution in [2.75, 3.05) is 0 Å². The smallest absolute Gasteiger partial charge is 0.243 e. The monoisotopic (exact) mass is 308 g/mol. The van der Waals surface area contributed by atoms with Crippen molar-refractivity contribution in [2.24, 2.45) is 0 Å². The fraction of sp³-hybridized carbons (Fsp3) is 0.375. The number of alkyl halides is 3. The molecular formula is C8H7Cl3N6O. The predicted octanol–water partition coefficient (Wildman–Crippen LogP) is 1.78. The minimum atomic E-state index is -1.73. The van der Waals surface area contributed by atoms with Crippen LogP contribution in [-0.4, -0.2) is 36.0 Å². The summed E-state index contributed by atoms with van der Waals surface area (Å²) in [4.78, 5) is 12.0. The Bertz CT molecular complexity index is 558. The highest BCUT2D eigenvalue weighted by Gasteiger charge is 2.32. The fourth-order valence-electron chi connectivity index (χ4n) is 1.40. The summed E-state index contributed by atoms with van der Waals surface area (Å²) in [6.07, 6.45) is 3.19. The summed E-state index contributed by atoms with van der Waals surface area (Å²) >= 11 is 17.3. The van der Waals surface area contributed by atoms with Crippen molar-refractivity contribution < 1.29 is 4.79 Å². The van der Waals surface area contributed by atoms with Gasteiger partial charge in [0.1, 0.15) is 5.69 Å². The molecule has 0 aliphatic carbocycles. The van der Waals surface area contributed by atoms with Gasteiger partial charge in [-0.1, -0.05) is 52.2 Å². The van der Waals surface area contributed by atoms with Gasteiger partial charge in [0.25, 0.3) is 0 Å². The summed E-state index contributed by atoms with van der Waals surface area (Å²) in [6.45, 7) is 1.80. The van der Waals surface area contributed by atoms with Crippen LogP contribution < -0.4 is 0 Å². The zero-order valence-corrected chi connectivity index (χ0v) is 11.4. The number of halogens is 3. The van der Waals surface area contributed by atoms with Gasteiger partial charge in [0.05, 0.1) is 18.1 Å². The van der Waals surface area contributed by atoms with Gasteiger partial charge < -0.3 is 0 Å². The molecule has 18 heavy (non-hydrogen) atoms. The van der Waals surface area contributed by atoms with E-state index < -0.39 is 9.82 Å². The maximum atomic E-state index is 12.0. The van der Waals surface area contributed by atoms with Crippen molar-refractivity contribution in [3.8, 4) is 0 Å². The molecule has 0 aliphatic heterocycles. The Hall–Kier alpha value is -1.18. The van der Waals surface area contributed by atoms with Crippen LogP contribution in [0.2, 0.25) is 0 Å². The lowest BCUT2D eigenvalue weighted by molar-refractivity contribution is 0.236. The van der Waals surface area contributed by atoms with E-state index in [2.05, 4.69) is 20.6 Å². The Morgan fingerprint density at radius 2 is 2.11 bits per heavy atom. The highest BCUT2D eigenvalue weighted by molar-refractivity contribution is 6.66. The molecule has 2 aromatic heterocycles. The summed E-state index contributed by atoms with van der Waals surface area (Å²) in [5.41, 5.74) is 0.541. The van der Waals surface area contributed by atoms with Crippen molar-refractivity contribution >= 4 is 40.8 Å². The molecule has 0 radical (unpaired) electrons. The Labute approximate surface area is 117 Å². The van der Waals surface area contributed by atoms with E-state index in [1.807, 2.05) is 0 Å². The van der Waals surface area contributed by atoms with Crippen molar-refractivity contribution in [3.05, 3.63) is 23.8 Å². The lowest BCUT2D eigenvalue weighted by Crippen LogP contribution is -2.23. The van der Waals surface area contributed by atoms with E-state index in [1.165, 1.54) is 12.4 Å². The van der Waals surface area contributed by atoms with Gasteiger partial charge in [-0.25, -0.2) is 4.79 Å². The first-order chi connectivity index (χ1) is 8.45. The first-order valence-electron chi connectivity index (χ1n) is 4.88. The van der Waals surface area contributed by atoms with Crippen LogP contribution in [0.1, 0.15) is 18.3 Å². The molecule has 10 heteroatoms. The third kappa shape index (κ3) is 2.33. The number of nitrogens with zero attached hydrogens (tertiary/aromatic N) is 6. The molecule has 0 atom stereocenters. The number of hydrogen-bond donors (Lipinski definition) is 0. The van der Waals surface area contributed by atoms with Crippen LogP contribution in [0.5, 0.6) is 0 Å². The summed E-state index contributed by atoms with van der Waals surface area (Å²) in [7, 11) is 0. The maximum absolute atomic E-state index is 12.0. The van der Waals surface area contributed by atoms with E-state index in [1.54, 1.807) is 6.92 Å². The average Bonchev–Trinajstić information content (AvgIpc) is 2.96. The molecule has 0 N–H and O–H groups in total. The van der Waals surface area contributed by atoms with Gasteiger partial charge in [-0.3, -0.25) is 0 Å². The van der Waals surface area contributed by atoms with Gasteiger partial charge in [0, 0.05) is 0 Å². The zero-order chi connectivity index (χ0) is 13.3. The maximum Gasteiger partial charge on any atom is 0.372 e. The second-order valence-corrected chi connectivity index (χ2v) is 5.56. The standard InChI is InChI=1S/C8H7Cl3N6O/c1-2-5-6(8(9,10)11)13-15-17(5)7(18)16-4-3-12-14-16/h3-4H,2H2,1H3. The van der Waals surface area contributed by atoms with Gasteiger partial charge in [-0.15, -0.1) is 10.2 Å². The topological polar surface area (TPSA) is 78.5 Å². The lowest BCUT2D eigenvalue weighted by Gasteiger charge is -2.09. The molecule has 0 bridgehead atoms. The van der Waals surface area contributed by atoms with Gasteiger partial charge in [-0.2, -0.15) is 9.36 Å². The van der Waals surface area contributed by atoms with Gasteiger partial charge in [-0.05, 0) is 6.42 Å². The number of carbonyl (C=O) groups is 1. The van der Waals surface area contributed by atoms with E-state index >= 15 is 0 Å². The van der Waals surface area contributed by atoms with Crippen molar-refractivity contribution in [2.45, 2.75) is 17.1 Å². The molecular weight excluding hydrogens is 302 g/mol. The summed E-state index contributed by atoms with van der Waals surface area (Å²) in [5, 5.41) is 14.5. The zero-order valence-electron chi connectivity index (χ0n) is 9.09. The van der Waals surface area contributed by atoms with Crippen LogP contribution in [0.15, 0.2) is 12.4 Å². The highest BCUT2D eigenvalue weighted by Crippen LogP contribution is 2.38. The molecule has 2 rings (SSSR count). The Kier molecular flexibility index (Phi) is 3.56. The van der Waals surface area contributed by atoms with E-state index in [4.69, 9.17) is 34.8 Å². The molecule has 0 saturated heterocycles. The van der Waals surface area contributed by atoms with Crippen LogP contribution in [0.25, 0.3) is 0 Å². The number of rotatable bonds is 1. The molecule has 2 heterocycles. The molecule has 0 unspecified atom stereocenters. The van der Waals surface area contributed by atoms with E-state index in [-0.39, 0.29) is 5.69 Å². The van der Waals surface area contributed by atoms with E-state index in [0.29, 0.717) is 12.1 Å². The first-order valence-corrected chi connectivity index (χ1v) is 6.01. The van der Waals surface area contributed by atoms with Crippen LogP contribution in [-0.2, 0) is 10.2 Å². The molecule has 0 aliphatic rings. The highest BCUT2D eigenvalue weighted by atomic mass is 35.6. The fourth-order valence-corrected chi connectivity index (χ4v) is 1.84. The molecule has 0 aromatic carbocycles. The second-order valence-electron chi connectivity index (χ2n) is 3.28. The van der Waals surface area contributed by atoms with Crippen molar-refractivity contribution in [1.82, 2.24) is 30.0 Å². The first kappa shape index (κ1) is 13.3. The van der Waals surface area contributed by atoms with Gasteiger partial charge in [0.2, 0.25) is 3.79 Å². The van der Waals surface area contributed by atoms with E-state index in [9.17, 15) is 4.79 Å². The molecule has 0 saturated carbocycles. The number of aromatic nitrogens is 6. The predicted molar refractivity (Wildman–Crippen MR) is 64.9 cm³/mol. The quantitative estimate of drug-likeness (QED) is 0.750. The van der Waals surface area contributed by atoms with E-state index in [0.717, 1.165) is 9.36 Å². The SMILES string of the molecule is CCc1c(C(Cl)(Cl)Cl)nnn1C(=O)n1ccnn1. The molecule has 0 spiro atoms. The van der Waals surface area contributed by atoms with Crippen LogP contribution >= 0.6 is 34.8 Å². The Morgan fingerprint density at radius 1 is 1.39 bits per heavy atom.